The van der Waals surface area contributed by atoms with Crippen LogP contribution >= 0.6 is 11.8 Å². The van der Waals surface area contributed by atoms with E-state index >= 15 is 0 Å². The Kier molecular flexibility index (Phi) is 3.20. The van der Waals surface area contributed by atoms with Crippen molar-refractivity contribution in [3.8, 4) is 5.75 Å². The molecule has 6 nitrogen and oxygen atoms in total. The SMILES string of the molecule is O=[N+]([O-])c1cnc(Sc2ccc(O)cc2)nc1. The molecule has 0 spiro atoms. The zero-order chi connectivity index (χ0) is 12.3. The van der Waals surface area contributed by atoms with Crippen LogP contribution in [0, 0.1) is 10.1 Å². The van der Waals surface area contributed by atoms with Crippen LogP contribution in [0.5, 0.6) is 5.75 Å². The zero-order valence-corrected chi connectivity index (χ0v) is 9.29. The highest BCUT2D eigenvalue weighted by atomic mass is 32.2. The molecule has 1 heterocycles. The van der Waals surface area contributed by atoms with Gasteiger partial charge in [0, 0.05) is 4.90 Å². The van der Waals surface area contributed by atoms with E-state index in [0.717, 1.165) is 17.3 Å². The van der Waals surface area contributed by atoms with E-state index in [4.69, 9.17) is 5.11 Å². The number of hydrogen-bond donors (Lipinski definition) is 1. The van der Waals surface area contributed by atoms with Gasteiger partial charge in [0.1, 0.15) is 18.1 Å². The van der Waals surface area contributed by atoms with Gasteiger partial charge < -0.3 is 5.11 Å². The lowest BCUT2D eigenvalue weighted by Gasteiger charge is -1.99. The number of phenols is 1. The molecule has 0 amide bonds. The molecular weight excluding hydrogens is 242 g/mol. The highest BCUT2D eigenvalue weighted by molar-refractivity contribution is 7.99. The summed E-state index contributed by atoms with van der Waals surface area (Å²) >= 11 is 1.26. The summed E-state index contributed by atoms with van der Waals surface area (Å²) in [5.74, 6) is 0.180. The summed E-state index contributed by atoms with van der Waals surface area (Å²) in [4.78, 5) is 18.4. The van der Waals surface area contributed by atoms with Crippen molar-refractivity contribution < 1.29 is 10.0 Å². The number of nitrogens with zero attached hydrogens (tertiary/aromatic N) is 3. The number of rotatable bonds is 3. The lowest BCUT2D eigenvalue weighted by atomic mass is 10.3. The maximum Gasteiger partial charge on any atom is 0.305 e. The van der Waals surface area contributed by atoms with E-state index in [1.54, 1.807) is 24.3 Å². The van der Waals surface area contributed by atoms with Crippen molar-refractivity contribution in [1.82, 2.24) is 9.97 Å². The summed E-state index contributed by atoms with van der Waals surface area (Å²) in [5, 5.41) is 19.9. The van der Waals surface area contributed by atoms with Gasteiger partial charge in [-0.3, -0.25) is 10.1 Å². The van der Waals surface area contributed by atoms with Crippen molar-refractivity contribution in [2.45, 2.75) is 10.1 Å². The summed E-state index contributed by atoms with van der Waals surface area (Å²) in [6.45, 7) is 0. The molecule has 1 aromatic carbocycles. The predicted octanol–water partition coefficient (Wildman–Crippen LogP) is 2.24. The van der Waals surface area contributed by atoms with Crippen LogP contribution in [-0.2, 0) is 0 Å². The summed E-state index contributed by atoms with van der Waals surface area (Å²) in [6.07, 6.45) is 2.32. The minimum Gasteiger partial charge on any atom is -0.508 e. The second kappa shape index (κ2) is 4.79. The van der Waals surface area contributed by atoms with Gasteiger partial charge in [0.2, 0.25) is 0 Å². The number of phenolic OH excluding ortho intramolecular Hbond substituents is 1. The molecule has 17 heavy (non-hydrogen) atoms. The molecule has 7 heteroatoms. The fourth-order valence-electron chi connectivity index (χ4n) is 1.08. The van der Waals surface area contributed by atoms with Gasteiger partial charge in [-0.2, -0.15) is 0 Å². The highest BCUT2D eigenvalue weighted by Crippen LogP contribution is 2.26. The van der Waals surface area contributed by atoms with E-state index in [1.807, 2.05) is 0 Å². The van der Waals surface area contributed by atoms with Crippen molar-refractivity contribution in [3.05, 3.63) is 46.8 Å². The summed E-state index contributed by atoms with van der Waals surface area (Å²) in [6, 6.07) is 6.52. The molecule has 0 atom stereocenters. The van der Waals surface area contributed by atoms with Crippen LogP contribution in [-0.4, -0.2) is 20.0 Å². The lowest BCUT2D eigenvalue weighted by Crippen LogP contribution is -1.92. The van der Waals surface area contributed by atoms with Gasteiger partial charge in [0.15, 0.2) is 5.16 Å². The average molecular weight is 249 g/mol. The number of benzene rings is 1. The van der Waals surface area contributed by atoms with E-state index in [2.05, 4.69) is 9.97 Å². The first kappa shape index (κ1) is 11.3. The van der Waals surface area contributed by atoms with E-state index in [0.29, 0.717) is 5.16 Å². The fourth-order valence-corrected chi connectivity index (χ4v) is 1.77. The smallest absolute Gasteiger partial charge is 0.305 e. The van der Waals surface area contributed by atoms with E-state index in [9.17, 15) is 10.1 Å². The third-order valence-electron chi connectivity index (χ3n) is 1.87. The Morgan fingerprint density at radius 1 is 1.18 bits per heavy atom. The molecule has 2 aromatic rings. The Morgan fingerprint density at radius 2 is 1.76 bits per heavy atom. The normalized spacial score (nSPS) is 10.1. The first-order chi connectivity index (χ1) is 8.15. The van der Waals surface area contributed by atoms with Gasteiger partial charge in [-0.25, -0.2) is 9.97 Å². The number of hydrogen-bond acceptors (Lipinski definition) is 6. The second-order valence-corrected chi connectivity index (χ2v) is 4.12. The first-order valence-corrected chi connectivity index (χ1v) is 5.40. The van der Waals surface area contributed by atoms with Crippen LogP contribution in [0.4, 0.5) is 5.69 Å². The van der Waals surface area contributed by atoms with Crippen molar-refractivity contribution >= 4 is 17.4 Å². The molecule has 1 N–H and O–H groups in total. The number of aromatic nitrogens is 2. The summed E-state index contributed by atoms with van der Waals surface area (Å²) in [5.41, 5.74) is -0.139. The maximum absolute atomic E-state index is 10.4. The van der Waals surface area contributed by atoms with Gasteiger partial charge in [-0.15, -0.1) is 0 Å². The molecule has 2 rings (SSSR count). The lowest BCUT2D eigenvalue weighted by molar-refractivity contribution is -0.385. The van der Waals surface area contributed by atoms with Crippen LogP contribution < -0.4 is 0 Å². The van der Waals surface area contributed by atoms with Crippen molar-refractivity contribution in [1.29, 1.82) is 0 Å². The van der Waals surface area contributed by atoms with Crippen LogP contribution in [0.25, 0.3) is 0 Å². The first-order valence-electron chi connectivity index (χ1n) is 4.58. The van der Waals surface area contributed by atoms with Gasteiger partial charge >= 0.3 is 5.69 Å². The van der Waals surface area contributed by atoms with Gasteiger partial charge in [0.05, 0.1) is 4.92 Å². The van der Waals surface area contributed by atoms with Crippen LogP contribution in [0.1, 0.15) is 0 Å². The van der Waals surface area contributed by atoms with Crippen LogP contribution in [0.3, 0.4) is 0 Å². The number of nitro groups is 1. The Bertz CT molecular complexity index is 527. The summed E-state index contributed by atoms with van der Waals surface area (Å²) < 4.78 is 0. The molecule has 0 aliphatic rings. The topological polar surface area (TPSA) is 89.2 Å². The molecule has 86 valence electrons. The molecular formula is C10H7N3O3S. The van der Waals surface area contributed by atoms with Gasteiger partial charge in [0.25, 0.3) is 0 Å². The molecule has 0 radical (unpaired) electrons. The van der Waals surface area contributed by atoms with E-state index in [1.165, 1.54) is 11.8 Å². The molecule has 0 fully saturated rings. The van der Waals surface area contributed by atoms with Crippen molar-refractivity contribution in [2.75, 3.05) is 0 Å². The molecule has 0 unspecified atom stereocenters. The summed E-state index contributed by atoms with van der Waals surface area (Å²) in [7, 11) is 0. The van der Waals surface area contributed by atoms with Crippen molar-refractivity contribution in [3.63, 3.8) is 0 Å². The zero-order valence-electron chi connectivity index (χ0n) is 8.48. The van der Waals surface area contributed by atoms with Crippen LogP contribution in [0.2, 0.25) is 0 Å². The molecule has 0 bridgehead atoms. The number of aromatic hydroxyl groups is 1. The van der Waals surface area contributed by atoms with Gasteiger partial charge in [-0.05, 0) is 36.0 Å². The molecule has 0 aliphatic carbocycles. The largest absolute Gasteiger partial charge is 0.508 e. The Morgan fingerprint density at radius 3 is 2.29 bits per heavy atom. The molecule has 0 aliphatic heterocycles. The minimum absolute atomic E-state index is 0.139. The van der Waals surface area contributed by atoms with Gasteiger partial charge in [-0.1, -0.05) is 0 Å². The Hall–Kier alpha value is -2.15. The molecule has 0 saturated carbocycles. The van der Waals surface area contributed by atoms with E-state index in [-0.39, 0.29) is 11.4 Å². The molecule has 1 aromatic heterocycles. The Balaban J connectivity index is 2.13. The third kappa shape index (κ3) is 2.91. The second-order valence-electron chi connectivity index (χ2n) is 3.08. The highest BCUT2D eigenvalue weighted by Gasteiger charge is 2.07. The third-order valence-corrected chi connectivity index (χ3v) is 2.77. The van der Waals surface area contributed by atoms with Crippen LogP contribution in [0.15, 0.2) is 46.7 Å². The Labute approximate surface area is 100 Å². The van der Waals surface area contributed by atoms with Crippen molar-refractivity contribution in [2.24, 2.45) is 0 Å². The predicted molar refractivity (Wildman–Crippen MR) is 60.9 cm³/mol. The average Bonchev–Trinajstić information content (AvgIpc) is 2.33. The molecule has 0 saturated heterocycles. The quantitative estimate of drug-likeness (QED) is 0.509. The minimum atomic E-state index is -0.547. The maximum atomic E-state index is 10.4. The standard InChI is InChI=1S/C10H7N3O3S/c14-8-1-3-9(4-2-8)17-10-11-5-7(6-12-10)13(15)16/h1-6,14H. The monoisotopic (exact) mass is 249 g/mol. The fraction of sp³-hybridized carbons (Fsp3) is 0. The van der Waals surface area contributed by atoms with E-state index < -0.39 is 4.92 Å².